The molecule has 0 amide bonds. The third-order valence-corrected chi connectivity index (χ3v) is 6.67. The maximum absolute atomic E-state index is 6.14. The van der Waals surface area contributed by atoms with Gasteiger partial charge in [0.25, 0.3) is 0 Å². The van der Waals surface area contributed by atoms with Crippen LogP contribution in [-0.2, 0) is 24.9 Å². The van der Waals surface area contributed by atoms with Crippen molar-refractivity contribution in [3.8, 4) is 0 Å². The molecule has 4 heterocycles. The van der Waals surface area contributed by atoms with E-state index < -0.39 is 0 Å². The molecule has 2 fully saturated rings. The molecule has 1 unspecified atom stereocenters. The van der Waals surface area contributed by atoms with Crippen molar-refractivity contribution in [2.45, 2.75) is 44.3 Å². The molecule has 0 radical (unpaired) electrons. The van der Waals surface area contributed by atoms with Crippen molar-refractivity contribution >= 4 is 11.8 Å². The molecule has 0 aliphatic carbocycles. The summed E-state index contributed by atoms with van der Waals surface area (Å²) >= 11 is 2.09. The molecule has 1 spiro atoms. The second-order valence-electron chi connectivity index (χ2n) is 7.45. The van der Waals surface area contributed by atoms with Crippen LogP contribution < -0.4 is 0 Å². The van der Waals surface area contributed by atoms with Crippen LogP contribution in [0.5, 0.6) is 0 Å². The largest absolute Gasteiger partial charge is 0.371 e. The van der Waals surface area contributed by atoms with Crippen molar-refractivity contribution in [2.75, 3.05) is 18.8 Å². The lowest BCUT2D eigenvalue weighted by Gasteiger charge is -2.47. The predicted molar refractivity (Wildman–Crippen MR) is 101 cm³/mol. The summed E-state index contributed by atoms with van der Waals surface area (Å²) in [5.41, 5.74) is 4.49. The van der Waals surface area contributed by atoms with Crippen molar-refractivity contribution in [1.29, 1.82) is 0 Å². The van der Waals surface area contributed by atoms with E-state index in [1.54, 1.807) is 0 Å². The summed E-state index contributed by atoms with van der Waals surface area (Å²) in [7, 11) is 2.03. The second-order valence-corrected chi connectivity index (χ2v) is 8.94. The van der Waals surface area contributed by atoms with Gasteiger partial charge in [-0.05, 0) is 38.5 Å². The van der Waals surface area contributed by atoms with E-state index >= 15 is 0 Å². The summed E-state index contributed by atoms with van der Waals surface area (Å²) in [6.45, 7) is 8.02. The SMILES string of the molecule is Cc1cccc(COC2CSC3(C2)CN(Cc2cc(C)nn2C)C3)n1. The number of hydrogen-bond acceptors (Lipinski definition) is 5. The van der Waals surface area contributed by atoms with E-state index in [9.17, 15) is 0 Å². The molecule has 0 aromatic carbocycles. The van der Waals surface area contributed by atoms with Crippen LogP contribution in [0.1, 0.15) is 29.2 Å². The van der Waals surface area contributed by atoms with Crippen molar-refractivity contribution in [1.82, 2.24) is 19.7 Å². The Morgan fingerprint density at radius 1 is 1.28 bits per heavy atom. The Kier molecular flexibility index (Phi) is 4.60. The highest BCUT2D eigenvalue weighted by Gasteiger charge is 2.49. The molecule has 0 saturated carbocycles. The summed E-state index contributed by atoms with van der Waals surface area (Å²) in [5, 5.41) is 4.44. The zero-order chi connectivity index (χ0) is 17.4. The molecule has 2 saturated heterocycles. The van der Waals surface area contributed by atoms with Gasteiger partial charge in [-0.15, -0.1) is 11.8 Å². The fourth-order valence-electron chi connectivity index (χ4n) is 3.93. The predicted octanol–water partition coefficient (Wildman–Crippen LogP) is 2.71. The molecule has 1 atom stereocenters. The maximum atomic E-state index is 6.14. The summed E-state index contributed by atoms with van der Waals surface area (Å²) < 4.78 is 8.54. The van der Waals surface area contributed by atoms with Crippen LogP contribution in [0, 0.1) is 13.8 Å². The van der Waals surface area contributed by atoms with Crippen LogP contribution in [0.4, 0.5) is 0 Å². The van der Waals surface area contributed by atoms with Crippen LogP contribution in [0.2, 0.25) is 0 Å². The maximum Gasteiger partial charge on any atom is 0.0892 e. The van der Waals surface area contributed by atoms with E-state index in [1.165, 1.54) is 5.69 Å². The molecule has 6 heteroatoms. The quantitative estimate of drug-likeness (QED) is 0.822. The number of hydrogen-bond donors (Lipinski definition) is 0. The summed E-state index contributed by atoms with van der Waals surface area (Å²) in [5.74, 6) is 1.10. The molecule has 25 heavy (non-hydrogen) atoms. The van der Waals surface area contributed by atoms with Gasteiger partial charge in [0.1, 0.15) is 0 Å². The van der Waals surface area contributed by atoms with Crippen molar-refractivity contribution in [2.24, 2.45) is 7.05 Å². The van der Waals surface area contributed by atoms with E-state index in [0.29, 0.717) is 17.5 Å². The Bertz CT molecular complexity index is 754. The lowest BCUT2D eigenvalue weighted by molar-refractivity contribution is 0.0245. The van der Waals surface area contributed by atoms with Gasteiger partial charge in [-0.3, -0.25) is 14.6 Å². The van der Waals surface area contributed by atoms with Gasteiger partial charge in [0.05, 0.1) is 29.8 Å². The van der Waals surface area contributed by atoms with Crippen LogP contribution in [0.15, 0.2) is 24.3 Å². The topological polar surface area (TPSA) is 43.2 Å². The third-order valence-electron chi connectivity index (χ3n) is 5.10. The Morgan fingerprint density at radius 2 is 2.12 bits per heavy atom. The van der Waals surface area contributed by atoms with Gasteiger partial charge in [0.2, 0.25) is 0 Å². The number of likely N-dealkylation sites (tertiary alicyclic amines) is 1. The Hall–Kier alpha value is -1.37. The highest BCUT2D eigenvalue weighted by atomic mass is 32.2. The van der Waals surface area contributed by atoms with E-state index in [2.05, 4.69) is 45.8 Å². The standard InChI is InChI=1S/C19H26N4OS/c1-14-5-4-6-16(20-14)10-24-18-8-19(25-11-18)12-23(13-19)9-17-7-15(2)21-22(17)3/h4-7,18H,8-13H2,1-3H3. The first-order chi connectivity index (χ1) is 12.0. The highest BCUT2D eigenvalue weighted by Crippen LogP contribution is 2.46. The van der Waals surface area contributed by atoms with Crippen LogP contribution in [0.3, 0.4) is 0 Å². The van der Waals surface area contributed by atoms with Crippen LogP contribution in [0.25, 0.3) is 0 Å². The normalized spacial score (nSPS) is 22.4. The molecule has 4 rings (SSSR count). The number of rotatable bonds is 5. The smallest absolute Gasteiger partial charge is 0.0892 e. The van der Waals surface area contributed by atoms with Gasteiger partial charge >= 0.3 is 0 Å². The van der Waals surface area contributed by atoms with E-state index in [4.69, 9.17) is 4.74 Å². The molecule has 2 aromatic heterocycles. The summed E-state index contributed by atoms with van der Waals surface area (Å²) in [6.07, 6.45) is 1.51. The van der Waals surface area contributed by atoms with Crippen molar-refractivity contribution in [3.63, 3.8) is 0 Å². The first-order valence-electron chi connectivity index (χ1n) is 8.91. The van der Waals surface area contributed by atoms with Crippen molar-refractivity contribution < 1.29 is 4.74 Å². The molecule has 0 N–H and O–H groups in total. The minimum absolute atomic E-state index is 0.355. The van der Waals surface area contributed by atoms with E-state index in [0.717, 1.165) is 48.9 Å². The van der Waals surface area contributed by atoms with Gasteiger partial charge in [-0.25, -0.2) is 0 Å². The van der Waals surface area contributed by atoms with Gasteiger partial charge in [-0.1, -0.05) is 6.07 Å². The van der Waals surface area contributed by atoms with Crippen LogP contribution in [-0.4, -0.2) is 49.4 Å². The van der Waals surface area contributed by atoms with Gasteiger partial charge in [0, 0.05) is 42.9 Å². The zero-order valence-electron chi connectivity index (χ0n) is 15.2. The average Bonchev–Trinajstić information content (AvgIpc) is 3.09. The Labute approximate surface area is 153 Å². The lowest BCUT2D eigenvalue weighted by Crippen LogP contribution is -2.58. The number of thioether (sulfide) groups is 1. The molecule has 5 nitrogen and oxygen atoms in total. The second kappa shape index (κ2) is 6.74. The number of pyridine rings is 1. The van der Waals surface area contributed by atoms with E-state index in [-0.39, 0.29) is 0 Å². The first kappa shape index (κ1) is 17.1. The van der Waals surface area contributed by atoms with Crippen molar-refractivity contribution in [3.05, 3.63) is 47.0 Å². The Balaban J connectivity index is 1.25. The molecule has 2 aromatic rings. The summed E-state index contributed by atoms with van der Waals surface area (Å²) in [4.78, 5) is 7.05. The molecular formula is C19H26N4OS. The third kappa shape index (κ3) is 3.76. The molecule has 134 valence electrons. The van der Waals surface area contributed by atoms with Crippen LogP contribution >= 0.6 is 11.8 Å². The minimum atomic E-state index is 0.355. The van der Waals surface area contributed by atoms with Gasteiger partial charge in [-0.2, -0.15) is 5.10 Å². The fraction of sp³-hybridized carbons (Fsp3) is 0.579. The minimum Gasteiger partial charge on any atom is -0.371 e. The van der Waals surface area contributed by atoms with Gasteiger partial charge in [0.15, 0.2) is 0 Å². The zero-order valence-corrected chi connectivity index (χ0v) is 16.1. The molecule has 0 bridgehead atoms. The molecular weight excluding hydrogens is 332 g/mol. The molecule has 2 aliphatic rings. The number of aryl methyl sites for hydroxylation is 3. The summed E-state index contributed by atoms with van der Waals surface area (Å²) in [6, 6.07) is 8.31. The Morgan fingerprint density at radius 3 is 2.84 bits per heavy atom. The average molecular weight is 359 g/mol. The highest BCUT2D eigenvalue weighted by molar-refractivity contribution is 8.01. The number of nitrogens with zero attached hydrogens (tertiary/aromatic N) is 4. The lowest BCUT2D eigenvalue weighted by atomic mass is 9.93. The van der Waals surface area contributed by atoms with Gasteiger partial charge < -0.3 is 4.74 Å². The van der Waals surface area contributed by atoms with E-state index in [1.807, 2.05) is 30.8 Å². The first-order valence-corrected chi connectivity index (χ1v) is 9.90. The number of aromatic nitrogens is 3. The number of ether oxygens (including phenoxy) is 1. The molecule has 2 aliphatic heterocycles. The monoisotopic (exact) mass is 358 g/mol. The fourth-order valence-corrected chi connectivity index (χ4v) is 5.54.